The highest BCUT2D eigenvalue weighted by Gasteiger charge is 2.22. The molecule has 1 atom stereocenters. The van der Waals surface area contributed by atoms with Gasteiger partial charge in [0.25, 0.3) is 0 Å². The van der Waals surface area contributed by atoms with Crippen molar-refractivity contribution in [2.24, 2.45) is 0 Å². The van der Waals surface area contributed by atoms with Crippen LogP contribution in [0.5, 0.6) is 0 Å². The van der Waals surface area contributed by atoms with Crippen molar-refractivity contribution in [3.63, 3.8) is 0 Å². The highest BCUT2D eigenvalue weighted by molar-refractivity contribution is 7.89. The monoisotopic (exact) mass is 255 g/mol. The largest absolute Gasteiger partial charge is 0.480 e. The number of ether oxygens (including phenoxy) is 1. The predicted octanol–water partition coefficient (Wildman–Crippen LogP) is -1.22. The Hall–Kier alpha value is -0.700. The molecule has 0 aliphatic heterocycles. The van der Waals surface area contributed by atoms with Crippen LogP contribution in [-0.2, 0) is 19.6 Å². The maximum absolute atomic E-state index is 11.4. The minimum Gasteiger partial charge on any atom is -0.480 e. The molecule has 0 aromatic heterocycles. The first-order chi connectivity index (χ1) is 7.43. The van der Waals surface area contributed by atoms with Crippen LogP contribution in [0.4, 0.5) is 0 Å². The number of sulfonamides is 1. The van der Waals surface area contributed by atoms with E-state index in [-0.39, 0.29) is 18.6 Å². The molecule has 0 fully saturated rings. The van der Waals surface area contributed by atoms with Crippen LogP contribution in [0, 0.1) is 0 Å². The number of nitrogens with one attached hydrogen (secondary N) is 1. The van der Waals surface area contributed by atoms with Crippen LogP contribution in [0.3, 0.4) is 0 Å². The second-order valence-corrected chi connectivity index (χ2v) is 5.06. The van der Waals surface area contributed by atoms with E-state index in [4.69, 9.17) is 10.2 Å². The molecule has 0 saturated carbocycles. The number of aliphatic hydroxyl groups is 1. The molecule has 7 nitrogen and oxygen atoms in total. The molecule has 0 bridgehead atoms. The van der Waals surface area contributed by atoms with Crippen molar-refractivity contribution >= 4 is 16.0 Å². The van der Waals surface area contributed by atoms with Gasteiger partial charge in [-0.05, 0) is 12.8 Å². The molecule has 0 heterocycles. The highest BCUT2D eigenvalue weighted by Crippen LogP contribution is 1.97. The van der Waals surface area contributed by atoms with Gasteiger partial charge in [-0.15, -0.1) is 0 Å². The molecule has 0 aliphatic carbocycles. The van der Waals surface area contributed by atoms with Crippen molar-refractivity contribution < 1.29 is 28.2 Å². The molecule has 0 aromatic rings. The average molecular weight is 255 g/mol. The van der Waals surface area contributed by atoms with E-state index in [2.05, 4.69) is 4.74 Å². The molecule has 0 unspecified atom stereocenters. The van der Waals surface area contributed by atoms with E-state index >= 15 is 0 Å². The molecule has 0 aliphatic rings. The van der Waals surface area contributed by atoms with Gasteiger partial charge in [-0.3, -0.25) is 4.79 Å². The summed E-state index contributed by atoms with van der Waals surface area (Å²) in [6.45, 7) is -0.101. The number of aliphatic carboxylic acids is 1. The Bertz CT molecular complexity index is 302. The summed E-state index contributed by atoms with van der Waals surface area (Å²) in [6.07, 6.45) is 0.135. The maximum Gasteiger partial charge on any atom is 0.321 e. The summed E-state index contributed by atoms with van der Waals surface area (Å²) in [7, 11) is -2.19. The van der Waals surface area contributed by atoms with Gasteiger partial charge in [0.15, 0.2) is 0 Å². The lowest BCUT2D eigenvalue weighted by atomic mass is 10.2. The lowest BCUT2D eigenvalue weighted by molar-refractivity contribution is -0.139. The number of carboxylic acids is 1. The molecule has 0 spiro atoms. The number of aliphatic hydroxyl groups excluding tert-OH is 1. The van der Waals surface area contributed by atoms with Crippen LogP contribution in [0.15, 0.2) is 0 Å². The fourth-order valence-corrected chi connectivity index (χ4v) is 2.30. The van der Waals surface area contributed by atoms with Gasteiger partial charge < -0.3 is 14.9 Å². The van der Waals surface area contributed by atoms with Crippen LogP contribution < -0.4 is 4.72 Å². The van der Waals surface area contributed by atoms with Crippen molar-refractivity contribution in [1.82, 2.24) is 4.72 Å². The summed E-state index contributed by atoms with van der Waals surface area (Å²) in [4.78, 5) is 10.6. The summed E-state index contributed by atoms with van der Waals surface area (Å²) in [5.74, 6) is -1.50. The van der Waals surface area contributed by atoms with Crippen LogP contribution in [0.2, 0.25) is 0 Å². The Morgan fingerprint density at radius 3 is 2.56 bits per heavy atom. The molecule has 0 rings (SSSR count). The van der Waals surface area contributed by atoms with Gasteiger partial charge in [0.1, 0.15) is 6.04 Å². The summed E-state index contributed by atoms with van der Waals surface area (Å²) >= 11 is 0. The average Bonchev–Trinajstić information content (AvgIpc) is 2.17. The smallest absolute Gasteiger partial charge is 0.321 e. The van der Waals surface area contributed by atoms with E-state index in [9.17, 15) is 13.2 Å². The van der Waals surface area contributed by atoms with E-state index in [1.165, 1.54) is 7.11 Å². The minimum atomic E-state index is -3.64. The zero-order chi connectivity index (χ0) is 12.6. The lowest BCUT2D eigenvalue weighted by Crippen LogP contribution is -2.42. The Morgan fingerprint density at radius 2 is 2.12 bits per heavy atom. The summed E-state index contributed by atoms with van der Waals surface area (Å²) in [5.41, 5.74) is 0. The fourth-order valence-electron chi connectivity index (χ4n) is 1.03. The van der Waals surface area contributed by atoms with E-state index in [0.717, 1.165) is 0 Å². The van der Waals surface area contributed by atoms with Gasteiger partial charge in [-0.25, -0.2) is 13.1 Å². The number of hydrogen-bond acceptors (Lipinski definition) is 5. The van der Waals surface area contributed by atoms with Crippen LogP contribution in [-0.4, -0.2) is 56.7 Å². The number of carbonyl (C=O) groups is 1. The molecule has 96 valence electrons. The topological polar surface area (TPSA) is 113 Å². The first kappa shape index (κ1) is 15.3. The first-order valence-electron chi connectivity index (χ1n) is 4.75. The first-order valence-corrected chi connectivity index (χ1v) is 6.40. The molecule has 0 saturated heterocycles. The second kappa shape index (κ2) is 7.55. The Morgan fingerprint density at radius 1 is 1.50 bits per heavy atom. The SMILES string of the molecule is COCCCS(=O)(=O)N[C@@H](CCO)C(=O)O. The van der Waals surface area contributed by atoms with Gasteiger partial charge >= 0.3 is 5.97 Å². The predicted molar refractivity (Wildman–Crippen MR) is 56.5 cm³/mol. The Kier molecular flexibility index (Phi) is 7.22. The van der Waals surface area contributed by atoms with E-state index in [1.54, 1.807) is 0 Å². The summed E-state index contributed by atoms with van der Waals surface area (Å²) < 4.78 is 29.5. The maximum atomic E-state index is 11.4. The van der Waals surface area contributed by atoms with E-state index in [0.29, 0.717) is 6.61 Å². The van der Waals surface area contributed by atoms with Gasteiger partial charge in [0.2, 0.25) is 10.0 Å². The van der Waals surface area contributed by atoms with Crippen molar-refractivity contribution in [2.45, 2.75) is 18.9 Å². The van der Waals surface area contributed by atoms with Crippen LogP contribution >= 0.6 is 0 Å². The molecule has 16 heavy (non-hydrogen) atoms. The molecular weight excluding hydrogens is 238 g/mol. The van der Waals surface area contributed by atoms with Gasteiger partial charge in [0, 0.05) is 20.3 Å². The number of carboxylic acid groups (broad SMARTS) is 1. The highest BCUT2D eigenvalue weighted by atomic mass is 32.2. The molecule has 0 amide bonds. The molecule has 0 radical (unpaired) electrons. The zero-order valence-corrected chi connectivity index (χ0v) is 9.87. The van der Waals surface area contributed by atoms with Crippen molar-refractivity contribution in [3.8, 4) is 0 Å². The normalized spacial score (nSPS) is 13.6. The number of methoxy groups -OCH3 is 1. The minimum absolute atomic E-state index is 0.154. The second-order valence-electron chi connectivity index (χ2n) is 3.19. The third kappa shape index (κ3) is 6.72. The Labute approximate surface area is 94.5 Å². The molecule has 0 aromatic carbocycles. The van der Waals surface area contributed by atoms with Gasteiger partial charge in [-0.2, -0.15) is 0 Å². The number of rotatable bonds is 9. The van der Waals surface area contributed by atoms with Gasteiger partial charge in [0.05, 0.1) is 5.75 Å². The lowest BCUT2D eigenvalue weighted by Gasteiger charge is -2.13. The van der Waals surface area contributed by atoms with E-state index in [1.807, 2.05) is 4.72 Å². The van der Waals surface area contributed by atoms with Crippen LogP contribution in [0.25, 0.3) is 0 Å². The summed E-state index contributed by atoms with van der Waals surface area (Å²) in [5, 5.41) is 17.3. The van der Waals surface area contributed by atoms with Crippen molar-refractivity contribution in [3.05, 3.63) is 0 Å². The van der Waals surface area contributed by atoms with Crippen molar-refractivity contribution in [1.29, 1.82) is 0 Å². The number of hydrogen-bond donors (Lipinski definition) is 3. The third-order valence-electron chi connectivity index (χ3n) is 1.80. The van der Waals surface area contributed by atoms with Crippen LogP contribution in [0.1, 0.15) is 12.8 Å². The standard InChI is InChI=1S/C8H17NO6S/c1-15-5-2-6-16(13,14)9-7(3-4-10)8(11)12/h7,9-10H,2-6H2,1H3,(H,11,12)/t7-/m0/s1. The fraction of sp³-hybridized carbons (Fsp3) is 0.875. The third-order valence-corrected chi connectivity index (χ3v) is 3.27. The molecule has 3 N–H and O–H groups in total. The van der Waals surface area contributed by atoms with Gasteiger partial charge in [-0.1, -0.05) is 0 Å². The molecular formula is C8H17NO6S. The quantitative estimate of drug-likeness (QED) is 0.445. The molecule has 8 heteroatoms. The summed E-state index contributed by atoms with van der Waals surface area (Å²) in [6, 6.07) is -1.28. The Balaban J connectivity index is 4.25. The van der Waals surface area contributed by atoms with E-state index < -0.39 is 28.6 Å². The zero-order valence-electron chi connectivity index (χ0n) is 9.05. The van der Waals surface area contributed by atoms with Crippen molar-refractivity contribution in [2.75, 3.05) is 26.1 Å².